The van der Waals surface area contributed by atoms with E-state index in [1.165, 1.54) is 12.0 Å². The van der Waals surface area contributed by atoms with Crippen LogP contribution in [0.3, 0.4) is 0 Å². The van der Waals surface area contributed by atoms with Gasteiger partial charge in [-0.2, -0.15) is 0 Å². The molecule has 1 aromatic rings. The van der Waals surface area contributed by atoms with E-state index in [1.54, 1.807) is 24.3 Å². The van der Waals surface area contributed by atoms with E-state index >= 15 is 0 Å². The first-order chi connectivity index (χ1) is 11.5. The maximum absolute atomic E-state index is 12.7. The van der Waals surface area contributed by atoms with Crippen molar-refractivity contribution in [3.05, 3.63) is 29.8 Å². The highest BCUT2D eigenvalue weighted by molar-refractivity contribution is 6.21. The number of hydrogen-bond donors (Lipinski definition) is 2. The summed E-state index contributed by atoms with van der Waals surface area (Å²) in [5.74, 6) is -0.901. The Kier molecular flexibility index (Phi) is 4.64. The Hall–Kier alpha value is -2.25. The number of piperidine rings is 1. The number of nitrogens with one attached hydrogen (secondary N) is 1. The minimum absolute atomic E-state index is 0.184. The van der Waals surface area contributed by atoms with Crippen molar-refractivity contribution in [2.24, 2.45) is 0 Å². The van der Waals surface area contributed by atoms with Crippen LogP contribution in [0, 0.1) is 0 Å². The van der Waals surface area contributed by atoms with Crippen molar-refractivity contribution in [2.75, 3.05) is 25.1 Å². The molecule has 7 heteroatoms. The predicted octanol–water partition coefficient (Wildman–Crippen LogP) is -0.855. The molecule has 128 valence electrons. The number of carbonyl (C=O) groups is 3. The number of nitrogens with zero attached hydrogens (tertiary/aromatic N) is 1. The lowest BCUT2D eigenvalue weighted by atomic mass is 10.1. The number of esters is 1. The lowest BCUT2D eigenvalue weighted by molar-refractivity contribution is -0.920. The molecule has 3 rings (SSSR count). The minimum atomic E-state index is -0.463. The van der Waals surface area contributed by atoms with Gasteiger partial charge in [-0.15, -0.1) is 0 Å². The first kappa shape index (κ1) is 16.6. The van der Waals surface area contributed by atoms with E-state index < -0.39 is 5.97 Å². The number of hydrogen-bond acceptors (Lipinski definition) is 5. The number of ether oxygens (including phenoxy) is 1. The second kappa shape index (κ2) is 6.70. The summed E-state index contributed by atoms with van der Waals surface area (Å²) in [6.45, 7) is 1.39. The number of imide groups is 1. The van der Waals surface area contributed by atoms with Gasteiger partial charge in [0.15, 0.2) is 6.04 Å². The molecule has 0 aliphatic carbocycles. The van der Waals surface area contributed by atoms with E-state index in [9.17, 15) is 19.5 Å². The Morgan fingerprint density at radius 2 is 1.83 bits per heavy atom. The lowest BCUT2D eigenvalue weighted by Crippen LogP contribution is -3.17. The van der Waals surface area contributed by atoms with Gasteiger partial charge in [0.2, 0.25) is 5.91 Å². The van der Waals surface area contributed by atoms with Crippen molar-refractivity contribution in [1.82, 2.24) is 0 Å². The first-order valence-electron chi connectivity index (χ1n) is 8.09. The van der Waals surface area contributed by atoms with Gasteiger partial charge in [-0.25, -0.2) is 9.69 Å². The van der Waals surface area contributed by atoms with E-state index in [0.29, 0.717) is 37.2 Å². The highest BCUT2D eigenvalue weighted by Crippen LogP contribution is 2.23. The van der Waals surface area contributed by atoms with Gasteiger partial charge in [0, 0.05) is 12.8 Å². The molecule has 1 atom stereocenters. The van der Waals surface area contributed by atoms with Crippen molar-refractivity contribution in [1.29, 1.82) is 0 Å². The predicted molar refractivity (Wildman–Crippen MR) is 84.6 cm³/mol. The molecule has 2 heterocycles. The van der Waals surface area contributed by atoms with Crippen LogP contribution in [0.4, 0.5) is 5.69 Å². The van der Waals surface area contributed by atoms with Gasteiger partial charge < -0.3 is 14.7 Å². The van der Waals surface area contributed by atoms with Crippen LogP contribution in [0.5, 0.6) is 0 Å². The summed E-state index contributed by atoms with van der Waals surface area (Å²) >= 11 is 0. The van der Waals surface area contributed by atoms with Crippen LogP contribution in [0.25, 0.3) is 0 Å². The van der Waals surface area contributed by atoms with Gasteiger partial charge in [0.25, 0.3) is 5.91 Å². The zero-order valence-electron chi connectivity index (χ0n) is 13.5. The van der Waals surface area contributed by atoms with Gasteiger partial charge in [-0.1, -0.05) is 0 Å². The van der Waals surface area contributed by atoms with Gasteiger partial charge in [0.05, 0.1) is 44.0 Å². The topological polar surface area (TPSA) is 88.3 Å². The number of methoxy groups -OCH3 is 1. The van der Waals surface area contributed by atoms with Crippen LogP contribution in [0.2, 0.25) is 0 Å². The van der Waals surface area contributed by atoms with Gasteiger partial charge >= 0.3 is 5.97 Å². The fourth-order valence-corrected chi connectivity index (χ4v) is 3.41. The van der Waals surface area contributed by atoms with E-state index in [2.05, 4.69) is 4.74 Å². The SMILES string of the molecule is COC(=O)c1ccc(N2C(=O)C[C@@H]([NH+]3CCC(O)CC3)C2=O)cc1. The third-order valence-electron chi connectivity index (χ3n) is 4.78. The van der Waals surface area contributed by atoms with E-state index in [1.807, 2.05) is 0 Å². The Labute approximate surface area is 139 Å². The lowest BCUT2D eigenvalue weighted by Gasteiger charge is -2.29. The number of likely N-dealkylation sites (tertiary alicyclic amines) is 1. The molecular formula is C17H21N2O5+. The van der Waals surface area contributed by atoms with Crippen LogP contribution >= 0.6 is 0 Å². The van der Waals surface area contributed by atoms with Crippen molar-refractivity contribution < 1.29 is 29.1 Å². The van der Waals surface area contributed by atoms with Crippen molar-refractivity contribution >= 4 is 23.5 Å². The number of rotatable bonds is 3. The summed E-state index contributed by atoms with van der Waals surface area (Å²) in [4.78, 5) is 38.8. The number of quaternary nitrogens is 1. The molecule has 2 N–H and O–H groups in total. The number of carbonyl (C=O) groups excluding carboxylic acids is 3. The first-order valence-corrected chi connectivity index (χ1v) is 8.09. The number of aliphatic hydroxyl groups excluding tert-OH is 1. The Morgan fingerprint density at radius 3 is 2.42 bits per heavy atom. The van der Waals surface area contributed by atoms with Crippen LogP contribution in [0.15, 0.2) is 24.3 Å². The Bertz CT molecular complexity index is 649. The Balaban J connectivity index is 1.75. The summed E-state index contributed by atoms with van der Waals surface area (Å²) in [6.07, 6.45) is 1.19. The summed E-state index contributed by atoms with van der Waals surface area (Å²) < 4.78 is 4.64. The normalized spacial score (nSPS) is 27.4. The molecule has 2 fully saturated rings. The number of amides is 2. The average Bonchev–Trinajstić information content (AvgIpc) is 2.89. The van der Waals surface area contributed by atoms with Gasteiger partial charge in [-0.05, 0) is 24.3 Å². The second-order valence-electron chi connectivity index (χ2n) is 6.25. The van der Waals surface area contributed by atoms with Gasteiger partial charge in [0.1, 0.15) is 0 Å². The van der Waals surface area contributed by atoms with Crippen LogP contribution in [-0.2, 0) is 14.3 Å². The molecule has 0 saturated carbocycles. The van der Waals surface area contributed by atoms with Crippen molar-refractivity contribution in [2.45, 2.75) is 31.4 Å². The largest absolute Gasteiger partial charge is 0.465 e. The third-order valence-corrected chi connectivity index (χ3v) is 4.78. The van der Waals surface area contributed by atoms with Crippen LogP contribution in [0.1, 0.15) is 29.6 Å². The fourth-order valence-electron chi connectivity index (χ4n) is 3.41. The molecule has 2 aliphatic rings. The van der Waals surface area contributed by atoms with Gasteiger partial charge in [-0.3, -0.25) is 9.59 Å². The molecule has 1 aromatic carbocycles. The maximum atomic E-state index is 12.7. The van der Waals surface area contributed by atoms with Crippen LogP contribution < -0.4 is 9.80 Å². The smallest absolute Gasteiger partial charge is 0.337 e. The zero-order chi connectivity index (χ0) is 17.3. The average molecular weight is 333 g/mol. The highest BCUT2D eigenvalue weighted by atomic mass is 16.5. The third kappa shape index (κ3) is 3.05. The van der Waals surface area contributed by atoms with Crippen molar-refractivity contribution in [3.63, 3.8) is 0 Å². The summed E-state index contributed by atoms with van der Waals surface area (Å²) in [6, 6.07) is 5.86. The second-order valence-corrected chi connectivity index (χ2v) is 6.25. The standard InChI is InChI=1S/C17H20N2O5/c1-24-17(23)11-2-4-12(5-3-11)19-15(21)10-14(16(19)22)18-8-6-13(20)7-9-18/h2-5,13-14,20H,6-10H2,1H3/p+1/t14-/m1/s1. The summed E-state index contributed by atoms with van der Waals surface area (Å²) in [5, 5.41) is 9.60. The van der Waals surface area contributed by atoms with E-state index in [-0.39, 0.29) is 30.4 Å². The molecule has 7 nitrogen and oxygen atoms in total. The number of benzene rings is 1. The molecule has 0 bridgehead atoms. The monoisotopic (exact) mass is 333 g/mol. The quantitative estimate of drug-likeness (QED) is 0.555. The van der Waals surface area contributed by atoms with E-state index in [0.717, 1.165) is 4.90 Å². The Morgan fingerprint density at radius 1 is 1.21 bits per heavy atom. The molecule has 0 aromatic heterocycles. The molecule has 2 saturated heterocycles. The fraction of sp³-hybridized carbons (Fsp3) is 0.471. The number of anilines is 1. The van der Waals surface area contributed by atoms with Crippen molar-refractivity contribution in [3.8, 4) is 0 Å². The highest BCUT2D eigenvalue weighted by Gasteiger charge is 2.46. The van der Waals surface area contributed by atoms with Crippen LogP contribution in [-0.4, -0.2) is 55.2 Å². The molecule has 24 heavy (non-hydrogen) atoms. The molecule has 0 unspecified atom stereocenters. The number of aliphatic hydroxyl groups is 1. The molecule has 0 radical (unpaired) electrons. The maximum Gasteiger partial charge on any atom is 0.337 e. The molecule has 2 amide bonds. The zero-order valence-corrected chi connectivity index (χ0v) is 13.5. The summed E-state index contributed by atoms with van der Waals surface area (Å²) in [7, 11) is 1.30. The summed E-state index contributed by atoms with van der Waals surface area (Å²) in [5.41, 5.74) is 0.837. The molecule has 2 aliphatic heterocycles. The minimum Gasteiger partial charge on any atom is -0.465 e. The molecule has 0 spiro atoms. The van der Waals surface area contributed by atoms with E-state index in [4.69, 9.17) is 0 Å². The molecular weight excluding hydrogens is 312 g/mol.